The van der Waals surface area contributed by atoms with E-state index in [2.05, 4.69) is 25.4 Å². The van der Waals surface area contributed by atoms with E-state index in [0.717, 1.165) is 25.1 Å². The molecule has 2 aromatic rings. The second-order valence-electron chi connectivity index (χ2n) is 4.64. The first-order chi connectivity index (χ1) is 9.24. The van der Waals surface area contributed by atoms with Crippen LogP contribution in [0.2, 0.25) is 0 Å². The summed E-state index contributed by atoms with van der Waals surface area (Å²) in [5.74, 6) is 0.419. The maximum atomic E-state index is 12.2. The third kappa shape index (κ3) is 2.28. The summed E-state index contributed by atoms with van der Waals surface area (Å²) in [7, 11) is 0. The van der Waals surface area contributed by atoms with Gasteiger partial charge in [0.15, 0.2) is 0 Å². The summed E-state index contributed by atoms with van der Waals surface area (Å²) in [6, 6.07) is 1.95. The van der Waals surface area contributed by atoms with Crippen molar-refractivity contribution >= 4 is 11.9 Å². The molecule has 19 heavy (non-hydrogen) atoms. The Labute approximate surface area is 109 Å². The van der Waals surface area contributed by atoms with Crippen LogP contribution in [0.4, 0.5) is 5.95 Å². The number of anilines is 1. The van der Waals surface area contributed by atoms with Crippen molar-refractivity contribution in [3.8, 4) is 0 Å². The fourth-order valence-corrected chi connectivity index (χ4v) is 2.43. The lowest BCUT2D eigenvalue weighted by Gasteiger charge is -2.31. The molecule has 1 amide bonds. The second-order valence-corrected chi connectivity index (χ2v) is 4.64. The van der Waals surface area contributed by atoms with Gasteiger partial charge in [-0.25, -0.2) is 0 Å². The van der Waals surface area contributed by atoms with Gasteiger partial charge in [0, 0.05) is 30.9 Å². The summed E-state index contributed by atoms with van der Waals surface area (Å²) < 4.78 is 0. The summed E-state index contributed by atoms with van der Waals surface area (Å²) >= 11 is 0. The van der Waals surface area contributed by atoms with Crippen LogP contribution in [-0.4, -0.2) is 49.3 Å². The predicted molar refractivity (Wildman–Crippen MR) is 67.3 cm³/mol. The van der Waals surface area contributed by atoms with Crippen LogP contribution >= 0.6 is 0 Å². The summed E-state index contributed by atoms with van der Waals surface area (Å²) in [5, 5.41) is 13.2. The molecule has 8 heteroatoms. The lowest BCUT2D eigenvalue weighted by atomic mass is 9.95. The number of nitrogens with two attached hydrogens (primary N) is 1. The number of hydrogen-bond acceptors (Lipinski definition) is 5. The summed E-state index contributed by atoms with van der Waals surface area (Å²) in [5.41, 5.74) is 6.48. The first-order valence-corrected chi connectivity index (χ1v) is 6.20. The number of piperidine rings is 1. The quantitative estimate of drug-likeness (QED) is 0.710. The maximum Gasteiger partial charge on any atom is 0.291 e. The van der Waals surface area contributed by atoms with E-state index in [1.807, 2.05) is 6.07 Å². The predicted octanol–water partition coefficient (Wildman–Crippen LogP) is 0.130. The van der Waals surface area contributed by atoms with Crippen LogP contribution in [0.3, 0.4) is 0 Å². The van der Waals surface area contributed by atoms with Gasteiger partial charge in [-0.3, -0.25) is 15.0 Å². The van der Waals surface area contributed by atoms with Gasteiger partial charge >= 0.3 is 0 Å². The molecule has 1 aliphatic heterocycles. The Bertz CT molecular complexity index is 561. The zero-order valence-electron chi connectivity index (χ0n) is 10.3. The monoisotopic (exact) mass is 261 g/mol. The minimum absolute atomic E-state index is 0.0884. The highest BCUT2D eigenvalue weighted by molar-refractivity contribution is 5.90. The molecule has 0 spiro atoms. The molecule has 1 atom stereocenters. The molecule has 1 unspecified atom stereocenters. The zero-order chi connectivity index (χ0) is 13.2. The number of nitrogen functional groups attached to an aromatic ring is 1. The number of H-pyrrole nitrogens is 2. The molecule has 0 aromatic carbocycles. The molecule has 0 bridgehead atoms. The van der Waals surface area contributed by atoms with Gasteiger partial charge in [-0.1, -0.05) is 0 Å². The third-order valence-corrected chi connectivity index (χ3v) is 3.38. The molecule has 4 N–H and O–H groups in total. The highest BCUT2D eigenvalue weighted by Gasteiger charge is 2.27. The lowest BCUT2D eigenvalue weighted by Crippen LogP contribution is -2.39. The van der Waals surface area contributed by atoms with Gasteiger partial charge in [0.05, 0.1) is 0 Å². The fraction of sp³-hybridized carbons (Fsp3) is 0.455. The van der Waals surface area contributed by atoms with E-state index in [1.165, 1.54) is 0 Å². The molecule has 8 nitrogen and oxygen atoms in total. The highest BCUT2D eigenvalue weighted by Crippen LogP contribution is 2.25. The Morgan fingerprint density at radius 3 is 3.05 bits per heavy atom. The van der Waals surface area contributed by atoms with E-state index in [0.29, 0.717) is 12.5 Å². The molecule has 1 aliphatic rings. The number of hydrogen-bond donors (Lipinski definition) is 3. The van der Waals surface area contributed by atoms with Crippen molar-refractivity contribution in [3.63, 3.8) is 0 Å². The van der Waals surface area contributed by atoms with Crippen LogP contribution in [0.25, 0.3) is 0 Å². The number of aromatic amines is 2. The first-order valence-electron chi connectivity index (χ1n) is 6.20. The molecule has 1 saturated heterocycles. The van der Waals surface area contributed by atoms with Gasteiger partial charge in [-0.2, -0.15) is 10.1 Å². The van der Waals surface area contributed by atoms with Crippen LogP contribution in [0.15, 0.2) is 12.3 Å². The standard InChI is InChI=1S/C11H15N7O/c12-11-14-9(16-17-11)10(19)18-5-1-2-7(6-18)8-3-4-13-15-8/h3-4,7H,1-2,5-6H2,(H,13,15)(H3,12,14,16,17). The van der Waals surface area contributed by atoms with Crippen LogP contribution in [-0.2, 0) is 0 Å². The molecule has 0 radical (unpaired) electrons. The number of likely N-dealkylation sites (tertiary alicyclic amines) is 1. The average Bonchev–Trinajstić information content (AvgIpc) is 3.09. The highest BCUT2D eigenvalue weighted by atomic mass is 16.2. The summed E-state index contributed by atoms with van der Waals surface area (Å²) in [4.78, 5) is 17.9. The smallest absolute Gasteiger partial charge is 0.291 e. The second kappa shape index (κ2) is 4.71. The molecule has 2 aromatic heterocycles. The Kier molecular flexibility index (Phi) is 2.90. The van der Waals surface area contributed by atoms with Gasteiger partial charge < -0.3 is 10.6 Å². The number of rotatable bonds is 2. The third-order valence-electron chi connectivity index (χ3n) is 3.38. The number of nitrogens with zero attached hydrogens (tertiary/aromatic N) is 4. The number of carbonyl (C=O) groups excluding carboxylic acids is 1. The number of amides is 1. The molecular formula is C11H15N7O. The van der Waals surface area contributed by atoms with E-state index in [-0.39, 0.29) is 17.7 Å². The van der Waals surface area contributed by atoms with E-state index in [4.69, 9.17) is 5.73 Å². The van der Waals surface area contributed by atoms with Gasteiger partial charge in [-0.05, 0) is 18.9 Å². The zero-order valence-corrected chi connectivity index (χ0v) is 10.3. The van der Waals surface area contributed by atoms with Crippen molar-refractivity contribution in [1.82, 2.24) is 30.3 Å². The number of aromatic nitrogens is 5. The maximum absolute atomic E-state index is 12.2. The van der Waals surface area contributed by atoms with Gasteiger partial charge in [0.25, 0.3) is 5.91 Å². The molecule has 0 aliphatic carbocycles. The topological polar surface area (TPSA) is 117 Å². The van der Waals surface area contributed by atoms with Crippen LogP contribution in [0.1, 0.15) is 35.1 Å². The lowest BCUT2D eigenvalue weighted by molar-refractivity contribution is 0.0694. The van der Waals surface area contributed by atoms with Crippen molar-refractivity contribution in [2.75, 3.05) is 18.8 Å². The van der Waals surface area contributed by atoms with E-state index in [9.17, 15) is 4.79 Å². The van der Waals surface area contributed by atoms with Crippen molar-refractivity contribution in [2.45, 2.75) is 18.8 Å². The molecule has 3 rings (SSSR count). The minimum atomic E-state index is -0.159. The van der Waals surface area contributed by atoms with Gasteiger partial charge in [-0.15, -0.1) is 5.10 Å². The Balaban J connectivity index is 1.73. The normalized spacial score (nSPS) is 19.6. The van der Waals surface area contributed by atoms with Crippen LogP contribution < -0.4 is 5.73 Å². The summed E-state index contributed by atoms with van der Waals surface area (Å²) in [6.45, 7) is 1.38. The first kappa shape index (κ1) is 11.7. The average molecular weight is 261 g/mol. The Morgan fingerprint density at radius 2 is 2.37 bits per heavy atom. The van der Waals surface area contributed by atoms with Crippen molar-refractivity contribution in [2.24, 2.45) is 0 Å². The van der Waals surface area contributed by atoms with Gasteiger partial charge in [0.2, 0.25) is 11.8 Å². The minimum Gasteiger partial charge on any atom is -0.366 e. The Hall–Kier alpha value is -2.38. The molecule has 0 saturated carbocycles. The van der Waals surface area contributed by atoms with Crippen LogP contribution in [0.5, 0.6) is 0 Å². The van der Waals surface area contributed by atoms with Crippen LogP contribution in [0, 0.1) is 0 Å². The van der Waals surface area contributed by atoms with Crippen molar-refractivity contribution in [1.29, 1.82) is 0 Å². The van der Waals surface area contributed by atoms with Gasteiger partial charge in [0.1, 0.15) is 0 Å². The van der Waals surface area contributed by atoms with E-state index in [1.54, 1.807) is 11.1 Å². The molecular weight excluding hydrogens is 246 g/mol. The largest absolute Gasteiger partial charge is 0.366 e. The molecule has 1 fully saturated rings. The molecule has 3 heterocycles. The summed E-state index contributed by atoms with van der Waals surface area (Å²) in [6.07, 6.45) is 3.73. The SMILES string of the molecule is Nc1n[nH]c(C(=O)N2CCCC(c3ccn[nH]3)C2)n1. The number of carbonyl (C=O) groups is 1. The Morgan fingerprint density at radius 1 is 1.47 bits per heavy atom. The van der Waals surface area contributed by atoms with Crippen molar-refractivity contribution < 1.29 is 4.79 Å². The van der Waals surface area contributed by atoms with Crippen molar-refractivity contribution in [3.05, 3.63) is 23.8 Å². The molecule has 100 valence electrons. The van der Waals surface area contributed by atoms with E-state index < -0.39 is 0 Å². The fourth-order valence-electron chi connectivity index (χ4n) is 2.43. The number of nitrogens with one attached hydrogen (secondary N) is 2. The van der Waals surface area contributed by atoms with E-state index >= 15 is 0 Å².